The summed E-state index contributed by atoms with van der Waals surface area (Å²) in [6.07, 6.45) is 7.65. The van der Waals surface area contributed by atoms with E-state index in [2.05, 4.69) is 11.8 Å². The molecule has 1 aromatic rings. The Balaban J connectivity index is 0.000000644. The van der Waals surface area contributed by atoms with Gasteiger partial charge in [0.25, 0.3) is 5.91 Å². The fraction of sp³-hybridized carbons (Fsp3) is 0.727. The van der Waals surface area contributed by atoms with E-state index in [0.29, 0.717) is 31.0 Å². The summed E-state index contributed by atoms with van der Waals surface area (Å²) in [5.41, 5.74) is 4.56. The number of nitrogen functional groups attached to an aromatic ring is 1. The van der Waals surface area contributed by atoms with Gasteiger partial charge < -0.3 is 25.4 Å². The van der Waals surface area contributed by atoms with Crippen LogP contribution in [0, 0.1) is 23.5 Å². The Kier molecular flexibility index (Phi) is 12.3. The van der Waals surface area contributed by atoms with Crippen LogP contribution in [0.2, 0.25) is 0 Å². The van der Waals surface area contributed by atoms with Gasteiger partial charge in [0.05, 0.1) is 0 Å². The smallest absolute Gasteiger partial charge is 0.475 e. The Labute approximate surface area is 272 Å². The maximum absolute atomic E-state index is 14.3. The van der Waals surface area contributed by atoms with Crippen molar-refractivity contribution in [2.75, 3.05) is 45.0 Å². The first-order valence-corrected chi connectivity index (χ1v) is 16.8. The zero-order valence-electron chi connectivity index (χ0n) is 27.0. The van der Waals surface area contributed by atoms with Crippen molar-refractivity contribution in [3.63, 3.8) is 0 Å². The van der Waals surface area contributed by atoms with Crippen molar-refractivity contribution >= 4 is 23.7 Å². The lowest BCUT2D eigenvalue weighted by atomic mass is 9.75. The number of carboxylic acids is 1. The molecule has 2 amide bonds. The van der Waals surface area contributed by atoms with Crippen LogP contribution in [-0.2, 0) is 9.53 Å². The van der Waals surface area contributed by atoms with Gasteiger partial charge in [-0.3, -0.25) is 9.69 Å². The average molecular weight is 675 g/mol. The number of benzene rings is 1. The topological polar surface area (TPSA) is 116 Å². The van der Waals surface area contributed by atoms with Gasteiger partial charge in [0.1, 0.15) is 22.8 Å². The number of amides is 2. The maximum Gasteiger partial charge on any atom is 0.490 e. The minimum Gasteiger partial charge on any atom is -0.475 e. The fourth-order valence-corrected chi connectivity index (χ4v) is 7.63. The van der Waals surface area contributed by atoms with Crippen molar-refractivity contribution in [3.05, 3.63) is 29.3 Å². The zero-order chi connectivity index (χ0) is 34.4. The van der Waals surface area contributed by atoms with Crippen LogP contribution in [0.15, 0.2) is 12.1 Å². The van der Waals surface area contributed by atoms with Gasteiger partial charge in [-0.15, -0.1) is 0 Å². The number of likely N-dealkylation sites (tertiary alicyclic amines) is 2. The van der Waals surface area contributed by atoms with E-state index in [1.165, 1.54) is 32.1 Å². The summed E-state index contributed by atoms with van der Waals surface area (Å²) in [6.45, 7) is 6.50. The molecular formula is C33H47F5N4O5. The van der Waals surface area contributed by atoms with Crippen molar-refractivity contribution < 1.29 is 46.2 Å². The highest BCUT2D eigenvalue weighted by Gasteiger charge is 2.50. The van der Waals surface area contributed by atoms with E-state index >= 15 is 0 Å². The SMILES string of the molecule is CCCCC1CN(CC2CCCCC2)C(=O)OC12CCN(C1CCN(C(=O)c3c(F)cc(N)cc3F)CC1)CC2.O=C(O)C(F)(F)F. The molecule has 9 nitrogen and oxygen atoms in total. The Bertz CT molecular complexity index is 1220. The van der Waals surface area contributed by atoms with Crippen LogP contribution in [0.4, 0.5) is 32.4 Å². The van der Waals surface area contributed by atoms with Crippen LogP contribution < -0.4 is 5.73 Å². The molecule has 264 valence electrons. The van der Waals surface area contributed by atoms with Crippen molar-refractivity contribution in [1.82, 2.24) is 14.7 Å². The first-order chi connectivity index (χ1) is 22.2. The Morgan fingerprint density at radius 1 is 1.00 bits per heavy atom. The van der Waals surface area contributed by atoms with Gasteiger partial charge in [-0.2, -0.15) is 13.2 Å². The molecule has 3 heterocycles. The number of hydrogen-bond donors (Lipinski definition) is 2. The first kappa shape index (κ1) is 36.7. The fourth-order valence-electron chi connectivity index (χ4n) is 7.63. The molecule has 0 radical (unpaired) electrons. The second-order valence-electron chi connectivity index (χ2n) is 13.4. The molecule has 1 aliphatic carbocycles. The van der Waals surface area contributed by atoms with Crippen LogP contribution in [0.5, 0.6) is 0 Å². The molecule has 0 aromatic heterocycles. The summed E-state index contributed by atoms with van der Waals surface area (Å²) >= 11 is 0. The lowest BCUT2D eigenvalue weighted by molar-refractivity contribution is -0.192. The summed E-state index contributed by atoms with van der Waals surface area (Å²) in [5.74, 6) is -4.23. The summed E-state index contributed by atoms with van der Waals surface area (Å²) in [4.78, 5) is 41.0. The van der Waals surface area contributed by atoms with Gasteiger partial charge in [0.15, 0.2) is 0 Å². The van der Waals surface area contributed by atoms with Gasteiger partial charge >= 0.3 is 18.2 Å². The highest BCUT2D eigenvalue weighted by Crippen LogP contribution is 2.42. The van der Waals surface area contributed by atoms with Gasteiger partial charge in [0.2, 0.25) is 0 Å². The highest BCUT2D eigenvalue weighted by atomic mass is 19.4. The van der Waals surface area contributed by atoms with Crippen molar-refractivity contribution in [1.29, 1.82) is 0 Å². The van der Waals surface area contributed by atoms with E-state index in [9.17, 15) is 31.5 Å². The number of nitrogens with zero attached hydrogens (tertiary/aromatic N) is 3. The van der Waals surface area contributed by atoms with E-state index in [4.69, 9.17) is 20.4 Å². The number of ether oxygens (including phenoxy) is 1. The van der Waals surface area contributed by atoms with Crippen LogP contribution in [0.25, 0.3) is 0 Å². The molecule has 14 heteroatoms. The second kappa shape index (κ2) is 15.8. The number of alkyl halides is 3. The number of halogens is 5. The third kappa shape index (κ3) is 9.26. The quantitative estimate of drug-likeness (QED) is 0.252. The number of nitrogens with two attached hydrogens (primary N) is 1. The second-order valence-corrected chi connectivity index (χ2v) is 13.4. The molecule has 4 fully saturated rings. The Hall–Kier alpha value is -3.16. The highest BCUT2D eigenvalue weighted by molar-refractivity contribution is 5.95. The van der Waals surface area contributed by atoms with Gasteiger partial charge in [0, 0.05) is 69.8 Å². The van der Waals surface area contributed by atoms with Gasteiger partial charge in [-0.1, -0.05) is 39.0 Å². The zero-order valence-corrected chi connectivity index (χ0v) is 27.0. The number of unbranched alkanes of at least 4 members (excludes halogenated alkanes) is 1. The van der Waals surface area contributed by atoms with Crippen molar-refractivity contribution in [2.24, 2.45) is 11.8 Å². The number of anilines is 1. The number of carbonyl (C=O) groups is 3. The number of piperidine rings is 2. The predicted octanol–water partition coefficient (Wildman–Crippen LogP) is 6.46. The van der Waals surface area contributed by atoms with E-state index in [-0.39, 0.29) is 17.4 Å². The van der Waals surface area contributed by atoms with Crippen molar-refractivity contribution in [3.8, 4) is 0 Å². The lowest BCUT2D eigenvalue weighted by Crippen LogP contribution is -2.61. The number of carbonyl (C=O) groups excluding carboxylic acids is 2. The summed E-state index contributed by atoms with van der Waals surface area (Å²) in [5, 5.41) is 7.12. The van der Waals surface area contributed by atoms with E-state index in [1.807, 2.05) is 4.90 Å². The van der Waals surface area contributed by atoms with Crippen LogP contribution >= 0.6 is 0 Å². The lowest BCUT2D eigenvalue weighted by Gasteiger charge is -2.52. The first-order valence-electron chi connectivity index (χ1n) is 16.8. The Morgan fingerprint density at radius 2 is 1.57 bits per heavy atom. The molecule has 4 aliphatic rings. The number of carboxylic acid groups (broad SMARTS) is 1. The number of rotatable bonds is 7. The molecule has 1 unspecified atom stereocenters. The van der Waals surface area contributed by atoms with E-state index in [0.717, 1.165) is 83.3 Å². The van der Waals surface area contributed by atoms with Gasteiger partial charge in [-0.05, 0) is 50.2 Å². The molecule has 1 saturated carbocycles. The van der Waals surface area contributed by atoms with Crippen LogP contribution in [0.1, 0.15) is 94.3 Å². The standard InChI is InChI=1S/C31H46F2N4O3.C2HF3O2/c1-2-3-9-23-21-37(20-22-7-5-4-6-8-22)30(39)40-31(23)12-16-35(17-13-31)25-10-14-36(15-11-25)29(38)28-26(32)18-24(34)19-27(28)33;3-2(4,5)1(6)7/h18-19,22-23,25H,2-17,20-21,34H2,1H3;(H,6,7). The summed E-state index contributed by atoms with van der Waals surface area (Å²) < 4.78 is 66.7. The third-order valence-corrected chi connectivity index (χ3v) is 10.3. The third-order valence-electron chi connectivity index (χ3n) is 10.3. The van der Waals surface area contributed by atoms with Crippen LogP contribution in [-0.4, -0.2) is 94.9 Å². The molecule has 3 N–H and O–H groups in total. The number of aliphatic carboxylic acids is 1. The molecule has 1 aromatic carbocycles. The molecule has 1 spiro atoms. The minimum absolute atomic E-state index is 0.0364. The monoisotopic (exact) mass is 674 g/mol. The van der Waals surface area contributed by atoms with E-state index in [1.54, 1.807) is 4.90 Å². The van der Waals surface area contributed by atoms with Crippen molar-refractivity contribution in [2.45, 2.75) is 102 Å². The normalized spacial score (nSPS) is 22.9. The van der Waals surface area contributed by atoms with Gasteiger partial charge in [-0.25, -0.2) is 18.4 Å². The predicted molar refractivity (Wildman–Crippen MR) is 165 cm³/mol. The molecule has 0 bridgehead atoms. The molecule has 3 saturated heterocycles. The minimum atomic E-state index is -5.08. The summed E-state index contributed by atoms with van der Waals surface area (Å²) in [7, 11) is 0. The molecule has 3 aliphatic heterocycles. The molecule has 5 rings (SSSR count). The maximum atomic E-state index is 14.3. The number of hydrogen-bond acceptors (Lipinski definition) is 6. The summed E-state index contributed by atoms with van der Waals surface area (Å²) in [6, 6.07) is 2.29. The van der Waals surface area contributed by atoms with Crippen LogP contribution in [0.3, 0.4) is 0 Å². The molecule has 1 atom stereocenters. The largest absolute Gasteiger partial charge is 0.490 e. The average Bonchev–Trinajstić information content (AvgIpc) is 3.02. The Morgan fingerprint density at radius 3 is 2.11 bits per heavy atom. The molecular weight excluding hydrogens is 627 g/mol. The van der Waals surface area contributed by atoms with E-state index < -0.39 is 35.3 Å². The molecule has 47 heavy (non-hydrogen) atoms.